The molecule has 1 atom stereocenters. The van der Waals surface area contributed by atoms with Crippen LogP contribution in [0.15, 0.2) is 64.3 Å². The van der Waals surface area contributed by atoms with Crippen LogP contribution < -0.4 is 11.0 Å². The number of aromatic nitrogens is 2. The number of aromatic amines is 1. The Balaban J connectivity index is 1.75. The summed E-state index contributed by atoms with van der Waals surface area (Å²) >= 11 is 0. The summed E-state index contributed by atoms with van der Waals surface area (Å²) in [6, 6.07) is 12.3. The molecule has 0 aliphatic carbocycles. The Bertz CT molecular complexity index is 1050. The van der Waals surface area contributed by atoms with E-state index in [4.69, 9.17) is 9.36 Å². The molecule has 0 amide bonds. The van der Waals surface area contributed by atoms with E-state index in [2.05, 4.69) is 66.7 Å². The van der Waals surface area contributed by atoms with Crippen molar-refractivity contribution in [3.8, 4) is 11.1 Å². The summed E-state index contributed by atoms with van der Waals surface area (Å²) in [5, 5.41) is 3.68. The maximum atomic E-state index is 12.7. The van der Waals surface area contributed by atoms with Gasteiger partial charge >= 0.3 is 0 Å². The Morgan fingerprint density at radius 3 is 2.55 bits per heavy atom. The van der Waals surface area contributed by atoms with Gasteiger partial charge < -0.3 is 14.3 Å². The lowest BCUT2D eigenvalue weighted by Crippen LogP contribution is -2.18. The molecule has 6 nitrogen and oxygen atoms in total. The summed E-state index contributed by atoms with van der Waals surface area (Å²) in [6.45, 7) is 7.25. The number of benzene rings is 1. The second-order valence-electron chi connectivity index (χ2n) is 8.30. The maximum Gasteiger partial charge on any atom is 0.256 e. The van der Waals surface area contributed by atoms with Crippen LogP contribution in [0, 0.1) is 0 Å². The van der Waals surface area contributed by atoms with Gasteiger partial charge in [-0.2, -0.15) is 5.48 Å². The van der Waals surface area contributed by atoms with Gasteiger partial charge in [-0.15, -0.1) is 0 Å². The molecule has 1 aliphatic rings. The standard InChI is InChI=1S/C23H25N3O3/c1-23(2,3)17-6-4-15(5-7-17)20(12-18-10-11-28-26-18)21-9-8-19(22(27)25-21)16-13-24-29-14-16/h4-9,12-14,18,26H,10-11H2,1-3H3,(H,25,27)/t18-/m1/s1. The topological polar surface area (TPSA) is 80.2 Å². The minimum atomic E-state index is -0.182. The molecule has 150 valence electrons. The molecule has 0 spiro atoms. The minimum absolute atomic E-state index is 0.0812. The first kappa shape index (κ1) is 19.4. The highest BCUT2D eigenvalue weighted by Gasteiger charge is 2.18. The number of pyridine rings is 1. The SMILES string of the molecule is CC(C)(C)c1ccc(C(=C[C@H]2CCON2)c2ccc(-c3cnoc3)c(=O)[nH]2)cc1. The van der Waals surface area contributed by atoms with E-state index in [1.165, 1.54) is 18.0 Å². The first-order chi connectivity index (χ1) is 13.9. The van der Waals surface area contributed by atoms with Crippen molar-refractivity contribution in [2.24, 2.45) is 0 Å². The molecule has 0 radical (unpaired) electrons. The highest BCUT2D eigenvalue weighted by Crippen LogP contribution is 2.28. The summed E-state index contributed by atoms with van der Waals surface area (Å²) in [5.74, 6) is 0. The van der Waals surface area contributed by atoms with Crippen LogP contribution in [0.25, 0.3) is 16.7 Å². The zero-order valence-corrected chi connectivity index (χ0v) is 16.9. The van der Waals surface area contributed by atoms with Crippen molar-refractivity contribution in [3.05, 3.63) is 82.1 Å². The lowest BCUT2D eigenvalue weighted by Gasteiger charge is -2.20. The fourth-order valence-electron chi connectivity index (χ4n) is 3.42. The monoisotopic (exact) mass is 391 g/mol. The molecule has 1 aromatic carbocycles. The van der Waals surface area contributed by atoms with Crippen LogP contribution >= 0.6 is 0 Å². The molecule has 1 aliphatic heterocycles. The minimum Gasteiger partial charge on any atom is -0.364 e. The molecule has 3 aromatic rings. The van der Waals surface area contributed by atoms with E-state index in [0.29, 0.717) is 17.7 Å². The number of hydrogen-bond acceptors (Lipinski definition) is 5. The highest BCUT2D eigenvalue weighted by molar-refractivity contribution is 5.79. The molecule has 0 unspecified atom stereocenters. The summed E-state index contributed by atoms with van der Waals surface area (Å²) in [4.78, 5) is 21.0. The predicted molar refractivity (Wildman–Crippen MR) is 112 cm³/mol. The van der Waals surface area contributed by atoms with Gasteiger partial charge in [-0.3, -0.25) is 4.79 Å². The van der Waals surface area contributed by atoms with Gasteiger partial charge in [-0.05, 0) is 35.1 Å². The van der Waals surface area contributed by atoms with E-state index in [-0.39, 0.29) is 17.0 Å². The molecular formula is C23H25N3O3. The van der Waals surface area contributed by atoms with Crippen LogP contribution in [0.2, 0.25) is 0 Å². The van der Waals surface area contributed by atoms with Gasteiger partial charge in [0.05, 0.1) is 24.4 Å². The van der Waals surface area contributed by atoms with Crippen LogP contribution in [0.4, 0.5) is 0 Å². The van der Waals surface area contributed by atoms with Crippen molar-refractivity contribution >= 4 is 5.57 Å². The first-order valence-corrected chi connectivity index (χ1v) is 9.75. The summed E-state index contributed by atoms with van der Waals surface area (Å²) in [6.07, 6.45) is 5.99. The Morgan fingerprint density at radius 2 is 1.97 bits per heavy atom. The lowest BCUT2D eigenvalue weighted by molar-refractivity contribution is 0.0944. The van der Waals surface area contributed by atoms with E-state index >= 15 is 0 Å². The van der Waals surface area contributed by atoms with E-state index in [1.54, 1.807) is 6.07 Å². The molecule has 4 rings (SSSR count). The Morgan fingerprint density at radius 1 is 1.17 bits per heavy atom. The molecular weight excluding hydrogens is 366 g/mol. The number of nitrogens with zero attached hydrogens (tertiary/aromatic N) is 1. The zero-order chi connectivity index (χ0) is 20.4. The van der Waals surface area contributed by atoms with Crippen molar-refractivity contribution in [2.45, 2.75) is 38.6 Å². The smallest absolute Gasteiger partial charge is 0.256 e. The van der Waals surface area contributed by atoms with Gasteiger partial charge in [0.2, 0.25) is 0 Å². The van der Waals surface area contributed by atoms with Crippen molar-refractivity contribution < 1.29 is 9.36 Å². The molecule has 1 saturated heterocycles. The second-order valence-corrected chi connectivity index (χ2v) is 8.30. The molecule has 0 bridgehead atoms. The molecule has 3 heterocycles. The van der Waals surface area contributed by atoms with Crippen molar-refractivity contribution in [1.82, 2.24) is 15.6 Å². The quantitative estimate of drug-likeness (QED) is 0.701. The predicted octanol–water partition coefficient (Wildman–Crippen LogP) is 4.05. The lowest BCUT2D eigenvalue weighted by atomic mass is 9.86. The maximum absolute atomic E-state index is 12.7. The molecule has 1 fully saturated rings. The van der Waals surface area contributed by atoms with Gasteiger partial charge in [0, 0.05) is 16.8 Å². The second kappa shape index (κ2) is 7.81. The fraction of sp³-hybridized carbons (Fsp3) is 0.304. The average Bonchev–Trinajstić information content (AvgIpc) is 3.40. The third kappa shape index (κ3) is 4.23. The van der Waals surface area contributed by atoms with Gasteiger partial charge in [-0.25, -0.2) is 0 Å². The van der Waals surface area contributed by atoms with Gasteiger partial charge in [-0.1, -0.05) is 56.3 Å². The Labute approximate surface area is 169 Å². The number of hydrogen-bond donors (Lipinski definition) is 2. The normalized spacial score (nSPS) is 17.6. The van der Waals surface area contributed by atoms with Crippen molar-refractivity contribution in [3.63, 3.8) is 0 Å². The third-order valence-corrected chi connectivity index (χ3v) is 5.14. The molecule has 6 heteroatoms. The van der Waals surface area contributed by atoms with Gasteiger partial charge in [0.15, 0.2) is 0 Å². The van der Waals surface area contributed by atoms with E-state index in [1.807, 2.05) is 6.07 Å². The fourth-order valence-corrected chi connectivity index (χ4v) is 3.42. The summed E-state index contributed by atoms with van der Waals surface area (Å²) < 4.78 is 4.86. The summed E-state index contributed by atoms with van der Waals surface area (Å²) in [5.41, 5.74) is 8.13. The van der Waals surface area contributed by atoms with Crippen LogP contribution in [-0.4, -0.2) is 22.8 Å². The molecule has 29 heavy (non-hydrogen) atoms. The van der Waals surface area contributed by atoms with Crippen molar-refractivity contribution in [2.75, 3.05) is 6.61 Å². The zero-order valence-electron chi connectivity index (χ0n) is 16.9. The number of H-pyrrole nitrogens is 1. The van der Waals surface area contributed by atoms with Crippen LogP contribution in [0.3, 0.4) is 0 Å². The highest BCUT2D eigenvalue weighted by atomic mass is 16.7. The van der Waals surface area contributed by atoms with E-state index < -0.39 is 0 Å². The van der Waals surface area contributed by atoms with Crippen LogP contribution in [-0.2, 0) is 10.3 Å². The Kier molecular flexibility index (Phi) is 5.22. The molecule has 0 saturated carbocycles. The first-order valence-electron chi connectivity index (χ1n) is 9.75. The van der Waals surface area contributed by atoms with Gasteiger partial charge in [0.1, 0.15) is 6.26 Å². The van der Waals surface area contributed by atoms with Crippen molar-refractivity contribution in [1.29, 1.82) is 0 Å². The van der Waals surface area contributed by atoms with E-state index in [0.717, 1.165) is 23.3 Å². The number of hydroxylamine groups is 1. The Hall–Kier alpha value is -2.96. The molecule has 2 aromatic heterocycles. The van der Waals surface area contributed by atoms with Crippen LogP contribution in [0.5, 0.6) is 0 Å². The average molecular weight is 391 g/mol. The van der Waals surface area contributed by atoms with Crippen LogP contribution in [0.1, 0.15) is 44.0 Å². The summed E-state index contributed by atoms with van der Waals surface area (Å²) in [7, 11) is 0. The number of rotatable bonds is 4. The third-order valence-electron chi connectivity index (χ3n) is 5.14. The van der Waals surface area contributed by atoms with Gasteiger partial charge in [0.25, 0.3) is 5.56 Å². The number of nitrogens with one attached hydrogen (secondary N) is 2. The largest absolute Gasteiger partial charge is 0.364 e. The van der Waals surface area contributed by atoms with E-state index in [9.17, 15) is 4.79 Å². The molecule has 2 N–H and O–H groups in total.